The van der Waals surface area contributed by atoms with Crippen molar-refractivity contribution in [3.63, 3.8) is 0 Å². The van der Waals surface area contributed by atoms with Crippen LogP contribution in [0.4, 0.5) is 5.69 Å². The summed E-state index contributed by atoms with van der Waals surface area (Å²) in [6, 6.07) is 4.53. The number of nitrogens with one attached hydrogen (secondary N) is 1. The van der Waals surface area contributed by atoms with E-state index >= 15 is 0 Å². The number of hydrogen-bond acceptors (Lipinski definition) is 5. The van der Waals surface area contributed by atoms with Crippen molar-refractivity contribution in [3.8, 4) is 0 Å². The van der Waals surface area contributed by atoms with Gasteiger partial charge in [0.1, 0.15) is 0 Å². The van der Waals surface area contributed by atoms with Gasteiger partial charge in [-0.1, -0.05) is 23.2 Å². The minimum absolute atomic E-state index is 0.199. The largest absolute Gasteiger partial charge is 0.463 e. The molecule has 1 aromatic carbocycles. The second-order valence-corrected chi connectivity index (χ2v) is 4.68. The molecule has 0 bridgehead atoms. The van der Waals surface area contributed by atoms with E-state index in [1.54, 1.807) is 13.0 Å². The molecule has 6 nitrogen and oxygen atoms in total. The molecule has 0 aliphatic rings. The van der Waals surface area contributed by atoms with Crippen LogP contribution in [0.3, 0.4) is 0 Å². The molecule has 0 aliphatic heterocycles. The van der Waals surface area contributed by atoms with Gasteiger partial charge in [0.25, 0.3) is 5.91 Å². The summed E-state index contributed by atoms with van der Waals surface area (Å²) in [4.78, 5) is 33.8. The zero-order valence-corrected chi connectivity index (χ0v) is 13.1. The van der Waals surface area contributed by atoms with Gasteiger partial charge in [0.2, 0.25) is 0 Å². The van der Waals surface area contributed by atoms with Crippen LogP contribution in [-0.2, 0) is 23.9 Å². The highest BCUT2D eigenvalue weighted by molar-refractivity contribution is 6.42. The number of anilines is 1. The van der Waals surface area contributed by atoms with Crippen molar-refractivity contribution in [2.24, 2.45) is 0 Å². The predicted octanol–water partition coefficient (Wildman–Crippen LogP) is 2.59. The third kappa shape index (κ3) is 6.60. The molecule has 118 valence electrons. The van der Waals surface area contributed by atoms with Crippen LogP contribution >= 0.6 is 23.2 Å². The van der Waals surface area contributed by atoms with Crippen molar-refractivity contribution in [3.05, 3.63) is 40.4 Å². The first-order valence-corrected chi connectivity index (χ1v) is 6.94. The molecule has 0 saturated heterocycles. The Kier molecular flexibility index (Phi) is 7.42. The van der Waals surface area contributed by atoms with E-state index in [0.717, 1.165) is 12.2 Å². The van der Waals surface area contributed by atoms with Gasteiger partial charge in [0, 0.05) is 17.8 Å². The maximum absolute atomic E-state index is 11.6. The summed E-state index contributed by atoms with van der Waals surface area (Å²) < 4.78 is 9.24. The molecular weight excluding hydrogens is 333 g/mol. The lowest BCUT2D eigenvalue weighted by molar-refractivity contribution is -0.143. The van der Waals surface area contributed by atoms with E-state index in [0.29, 0.717) is 10.7 Å². The monoisotopic (exact) mass is 345 g/mol. The Morgan fingerprint density at radius 1 is 1.09 bits per heavy atom. The number of esters is 2. The molecule has 0 aromatic heterocycles. The molecular formula is C14H13Cl2NO5. The van der Waals surface area contributed by atoms with Gasteiger partial charge in [0.05, 0.1) is 16.7 Å². The van der Waals surface area contributed by atoms with E-state index < -0.39 is 24.5 Å². The molecule has 0 aliphatic carbocycles. The molecule has 0 saturated carbocycles. The van der Waals surface area contributed by atoms with Gasteiger partial charge in [-0.15, -0.1) is 0 Å². The molecule has 1 N–H and O–H groups in total. The standard InChI is InChI=1S/C14H13Cl2NO5/c1-2-21-13(19)5-6-14(20)22-8-12(18)17-9-3-4-10(15)11(16)7-9/h3-7H,2,8H2,1H3,(H,17,18)/b6-5+. The average Bonchev–Trinajstić information content (AvgIpc) is 2.47. The molecule has 0 heterocycles. The van der Waals surface area contributed by atoms with Crippen LogP contribution in [0.2, 0.25) is 10.0 Å². The van der Waals surface area contributed by atoms with Crippen LogP contribution < -0.4 is 5.32 Å². The summed E-state index contributed by atoms with van der Waals surface area (Å²) in [5.74, 6) is -2.06. The van der Waals surface area contributed by atoms with Gasteiger partial charge < -0.3 is 14.8 Å². The van der Waals surface area contributed by atoms with Crippen LogP contribution in [0.5, 0.6) is 0 Å². The van der Waals surface area contributed by atoms with E-state index in [9.17, 15) is 14.4 Å². The Balaban J connectivity index is 2.41. The molecule has 0 fully saturated rings. The third-order valence-corrected chi connectivity index (χ3v) is 2.93. The maximum atomic E-state index is 11.6. The summed E-state index contributed by atoms with van der Waals surface area (Å²) in [6.45, 7) is 1.33. The van der Waals surface area contributed by atoms with Crippen molar-refractivity contribution in [2.45, 2.75) is 6.92 Å². The van der Waals surface area contributed by atoms with Crippen LogP contribution in [0.25, 0.3) is 0 Å². The molecule has 1 rings (SSSR count). The first kappa shape index (κ1) is 18.0. The Bertz CT molecular complexity index is 601. The number of carbonyl (C=O) groups excluding carboxylic acids is 3. The van der Waals surface area contributed by atoms with Crippen LogP contribution in [0.15, 0.2) is 30.4 Å². The first-order valence-electron chi connectivity index (χ1n) is 6.19. The second-order valence-electron chi connectivity index (χ2n) is 3.87. The van der Waals surface area contributed by atoms with E-state index in [-0.39, 0.29) is 11.6 Å². The van der Waals surface area contributed by atoms with Crippen LogP contribution in [-0.4, -0.2) is 31.1 Å². The SMILES string of the molecule is CCOC(=O)/C=C/C(=O)OCC(=O)Nc1ccc(Cl)c(Cl)c1. The zero-order chi connectivity index (χ0) is 16.5. The molecule has 0 unspecified atom stereocenters. The number of halogens is 2. The molecule has 0 atom stereocenters. The van der Waals surface area contributed by atoms with Gasteiger partial charge in [0.15, 0.2) is 6.61 Å². The first-order chi connectivity index (χ1) is 10.4. The van der Waals surface area contributed by atoms with E-state index in [4.69, 9.17) is 23.2 Å². The Morgan fingerprint density at radius 2 is 1.73 bits per heavy atom. The number of ether oxygens (including phenoxy) is 2. The van der Waals surface area contributed by atoms with Crippen molar-refractivity contribution in [1.29, 1.82) is 0 Å². The number of carbonyl (C=O) groups is 3. The van der Waals surface area contributed by atoms with Crippen molar-refractivity contribution in [1.82, 2.24) is 0 Å². The summed E-state index contributed by atoms with van der Waals surface area (Å²) in [5, 5.41) is 3.12. The highest BCUT2D eigenvalue weighted by Crippen LogP contribution is 2.24. The lowest BCUT2D eigenvalue weighted by atomic mass is 10.3. The lowest BCUT2D eigenvalue weighted by Crippen LogP contribution is -2.20. The second kappa shape index (κ2) is 9.07. The van der Waals surface area contributed by atoms with E-state index in [1.807, 2.05) is 0 Å². The van der Waals surface area contributed by atoms with Gasteiger partial charge in [-0.05, 0) is 25.1 Å². The fourth-order valence-electron chi connectivity index (χ4n) is 1.28. The summed E-state index contributed by atoms with van der Waals surface area (Å²) in [7, 11) is 0. The van der Waals surface area contributed by atoms with E-state index in [2.05, 4.69) is 14.8 Å². The third-order valence-electron chi connectivity index (χ3n) is 2.19. The topological polar surface area (TPSA) is 81.7 Å². The molecule has 1 aromatic rings. The number of rotatable bonds is 6. The minimum Gasteiger partial charge on any atom is -0.463 e. The lowest BCUT2D eigenvalue weighted by Gasteiger charge is -2.06. The van der Waals surface area contributed by atoms with Crippen molar-refractivity contribution in [2.75, 3.05) is 18.5 Å². The molecule has 1 amide bonds. The quantitative estimate of drug-likeness (QED) is 0.632. The van der Waals surface area contributed by atoms with Crippen LogP contribution in [0, 0.1) is 0 Å². The predicted molar refractivity (Wildman–Crippen MR) is 81.8 cm³/mol. The average molecular weight is 346 g/mol. The molecule has 8 heteroatoms. The fourth-order valence-corrected chi connectivity index (χ4v) is 1.58. The van der Waals surface area contributed by atoms with Crippen molar-refractivity contribution >= 4 is 46.7 Å². The van der Waals surface area contributed by atoms with Gasteiger partial charge >= 0.3 is 11.9 Å². The highest BCUT2D eigenvalue weighted by atomic mass is 35.5. The van der Waals surface area contributed by atoms with Crippen LogP contribution in [0.1, 0.15) is 6.92 Å². The minimum atomic E-state index is -0.836. The number of benzene rings is 1. The van der Waals surface area contributed by atoms with E-state index in [1.165, 1.54) is 12.1 Å². The Morgan fingerprint density at radius 3 is 2.32 bits per heavy atom. The molecule has 0 radical (unpaired) electrons. The summed E-state index contributed by atoms with van der Waals surface area (Å²) in [6.07, 6.45) is 1.80. The Hall–Kier alpha value is -2.05. The van der Waals surface area contributed by atoms with Gasteiger partial charge in [-0.2, -0.15) is 0 Å². The normalized spacial score (nSPS) is 10.3. The summed E-state index contributed by atoms with van der Waals surface area (Å²) in [5.41, 5.74) is 0.414. The number of amides is 1. The van der Waals surface area contributed by atoms with Gasteiger partial charge in [-0.25, -0.2) is 9.59 Å². The fraction of sp³-hybridized carbons (Fsp3) is 0.214. The van der Waals surface area contributed by atoms with Gasteiger partial charge in [-0.3, -0.25) is 4.79 Å². The maximum Gasteiger partial charge on any atom is 0.331 e. The number of hydrogen-bond donors (Lipinski definition) is 1. The summed E-state index contributed by atoms with van der Waals surface area (Å²) >= 11 is 11.5. The molecule has 0 spiro atoms. The zero-order valence-electron chi connectivity index (χ0n) is 11.6. The highest BCUT2D eigenvalue weighted by Gasteiger charge is 2.07. The van der Waals surface area contributed by atoms with Crippen molar-refractivity contribution < 1.29 is 23.9 Å². The smallest absolute Gasteiger partial charge is 0.331 e. The molecule has 22 heavy (non-hydrogen) atoms. The Labute approximate surface area is 137 Å².